The van der Waals surface area contributed by atoms with Crippen LogP contribution in [0.25, 0.3) is 6.08 Å². The van der Waals surface area contributed by atoms with Crippen molar-refractivity contribution in [3.8, 4) is 0 Å². The third-order valence-corrected chi connectivity index (χ3v) is 2.39. The first-order chi connectivity index (χ1) is 7.88. The van der Waals surface area contributed by atoms with E-state index in [0.29, 0.717) is 0 Å². The number of aromatic nitrogens is 2. The zero-order valence-electron chi connectivity index (χ0n) is 9.32. The van der Waals surface area contributed by atoms with Crippen LogP contribution in [0.1, 0.15) is 12.5 Å². The second-order valence-corrected chi connectivity index (χ2v) is 3.70. The van der Waals surface area contributed by atoms with E-state index in [1.165, 1.54) is 24.7 Å². The number of carbonyl (C=O) groups is 1. The maximum absolute atomic E-state index is 11.7. The molecule has 0 spiro atoms. The zero-order chi connectivity index (χ0) is 13.2. The Hall–Kier alpha value is -1.86. The number of hydrogen-bond acceptors (Lipinski definition) is 5. The molecule has 17 heavy (non-hydrogen) atoms. The summed E-state index contributed by atoms with van der Waals surface area (Å²) in [6.45, 7) is 1.50. The van der Waals surface area contributed by atoms with Crippen molar-refractivity contribution in [2.24, 2.45) is 12.9 Å². The maximum Gasteiger partial charge on any atom is 0.260 e. The molecule has 0 aliphatic carbocycles. The standard InChI is InChI=1S/C9H12ClN5O2/c1-4(9(17)13-12)3-5-6(16)7(10)14-15(2)8(5)11/h3H,11-12H2,1-2H3,(H,13,17)/b4-3-. The fraction of sp³-hybridized carbons (Fsp3) is 0.222. The zero-order valence-corrected chi connectivity index (χ0v) is 10.1. The molecule has 0 aliphatic heterocycles. The number of nitrogens with two attached hydrogens (primary N) is 2. The van der Waals surface area contributed by atoms with E-state index >= 15 is 0 Å². The SMILES string of the molecule is C/C(=C/c1c(N)n(C)nc(Cl)c1=O)C(=O)NN. The fourth-order valence-corrected chi connectivity index (χ4v) is 1.38. The first kappa shape index (κ1) is 13.2. The molecule has 0 aliphatic rings. The highest BCUT2D eigenvalue weighted by atomic mass is 35.5. The van der Waals surface area contributed by atoms with Gasteiger partial charge >= 0.3 is 0 Å². The lowest BCUT2D eigenvalue weighted by Crippen LogP contribution is -2.30. The topological polar surface area (TPSA) is 116 Å². The van der Waals surface area contributed by atoms with Gasteiger partial charge < -0.3 is 5.73 Å². The van der Waals surface area contributed by atoms with Crippen LogP contribution in [0.5, 0.6) is 0 Å². The van der Waals surface area contributed by atoms with Crippen molar-refractivity contribution in [1.29, 1.82) is 0 Å². The number of nitrogens with zero attached hydrogens (tertiary/aromatic N) is 2. The Kier molecular flexibility index (Phi) is 3.87. The van der Waals surface area contributed by atoms with Crippen molar-refractivity contribution in [3.63, 3.8) is 0 Å². The van der Waals surface area contributed by atoms with Crippen LogP contribution >= 0.6 is 11.6 Å². The molecule has 0 saturated heterocycles. The Labute approximate surface area is 102 Å². The summed E-state index contributed by atoms with van der Waals surface area (Å²) in [6, 6.07) is 0. The number of anilines is 1. The fourth-order valence-electron chi connectivity index (χ4n) is 1.17. The predicted molar refractivity (Wildman–Crippen MR) is 64.9 cm³/mol. The van der Waals surface area contributed by atoms with Gasteiger partial charge in [0, 0.05) is 12.6 Å². The Bertz CT molecular complexity index is 549. The average Bonchev–Trinajstić information content (AvgIpc) is 2.30. The summed E-state index contributed by atoms with van der Waals surface area (Å²) in [4.78, 5) is 22.9. The van der Waals surface area contributed by atoms with Crippen LogP contribution in [-0.2, 0) is 11.8 Å². The number of hydrazine groups is 1. The highest BCUT2D eigenvalue weighted by Crippen LogP contribution is 2.12. The van der Waals surface area contributed by atoms with Gasteiger partial charge in [-0.2, -0.15) is 5.10 Å². The van der Waals surface area contributed by atoms with Crippen molar-refractivity contribution in [2.75, 3.05) is 5.73 Å². The normalized spacial score (nSPS) is 11.4. The molecular weight excluding hydrogens is 246 g/mol. The molecule has 7 nitrogen and oxygen atoms in total. The molecule has 1 rings (SSSR count). The van der Waals surface area contributed by atoms with Crippen LogP contribution in [0.4, 0.5) is 5.82 Å². The van der Waals surface area contributed by atoms with E-state index in [4.69, 9.17) is 23.2 Å². The van der Waals surface area contributed by atoms with Gasteiger partial charge in [-0.15, -0.1) is 0 Å². The van der Waals surface area contributed by atoms with Gasteiger partial charge in [0.25, 0.3) is 5.91 Å². The van der Waals surface area contributed by atoms with Crippen LogP contribution in [0.3, 0.4) is 0 Å². The van der Waals surface area contributed by atoms with Crippen molar-refractivity contribution in [1.82, 2.24) is 15.2 Å². The van der Waals surface area contributed by atoms with Crippen molar-refractivity contribution in [3.05, 3.63) is 26.5 Å². The highest BCUT2D eigenvalue weighted by molar-refractivity contribution is 6.29. The first-order valence-corrected chi connectivity index (χ1v) is 4.97. The van der Waals surface area contributed by atoms with Crippen LogP contribution in [0, 0.1) is 0 Å². The van der Waals surface area contributed by atoms with Gasteiger partial charge in [-0.25, -0.2) is 5.84 Å². The number of carbonyl (C=O) groups excluding carboxylic acids is 1. The lowest BCUT2D eigenvalue weighted by atomic mass is 10.1. The predicted octanol–water partition coefficient (Wildman–Crippen LogP) is -0.591. The quantitative estimate of drug-likeness (QED) is 0.283. The molecule has 92 valence electrons. The summed E-state index contributed by atoms with van der Waals surface area (Å²) >= 11 is 5.63. The van der Waals surface area contributed by atoms with Crippen LogP contribution in [0.2, 0.25) is 5.15 Å². The summed E-state index contributed by atoms with van der Waals surface area (Å²) in [5, 5.41) is 3.48. The van der Waals surface area contributed by atoms with Gasteiger partial charge in [0.15, 0.2) is 5.15 Å². The molecule has 8 heteroatoms. The lowest BCUT2D eigenvalue weighted by molar-refractivity contribution is -0.117. The third-order valence-electron chi connectivity index (χ3n) is 2.14. The molecule has 1 aromatic rings. The number of rotatable bonds is 2. The second-order valence-electron chi connectivity index (χ2n) is 3.34. The molecule has 0 bridgehead atoms. The molecule has 0 saturated carbocycles. The molecule has 1 heterocycles. The first-order valence-electron chi connectivity index (χ1n) is 4.60. The van der Waals surface area contributed by atoms with E-state index in [1.54, 1.807) is 0 Å². The lowest BCUT2D eigenvalue weighted by Gasteiger charge is -2.07. The van der Waals surface area contributed by atoms with Gasteiger partial charge in [-0.1, -0.05) is 11.6 Å². The molecular formula is C9H12ClN5O2. The second kappa shape index (κ2) is 4.98. The summed E-state index contributed by atoms with van der Waals surface area (Å²) in [7, 11) is 1.54. The molecule has 0 radical (unpaired) electrons. The monoisotopic (exact) mass is 257 g/mol. The van der Waals surface area contributed by atoms with Gasteiger partial charge in [0.1, 0.15) is 5.82 Å². The van der Waals surface area contributed by atoms with E-state index in [9.17, 15) is 9.59 Å². The molecule has 0 aromatic carbocycles. The number of nitrogen functional groups attached to an aromatic ring is 1. The summed E-state index contributed by atoms with van der Waals surface area (Å²) in [5.74, 6) is 4.57. The van der Waals surface area contributed by atoms with Gasteiger partial charge in [-0.3, -0.25) is 19.7 Å². The molecule has 0 unspecified atom stereocenters. The largest absolute Gasteiger partial charge is 0.383 e. The Morgan fingerprint density at radius 1 is 1.59 bits per heavy atom. The number of amides is 1. The smallest absolute Gasteiger partial charge is 0.260 e. The summed E-state index contributed by atoms with van der Waals surface area (Å²) in [5.41, 5.74) is 7.43. The molecule has 1 amide bonds. The summed E-state index contributed by atoms with van der Waals surface area (Å²) in [6.07, 6.45) is 1.31. The van der Waals surface area contributed by atoms with Gasteiger partial charge in [-0.05, 0) is 13.0 Å². The van der Waals surface area contributed by atoms with E-state index in [0.717, 1.165) is 0 Å². The van der Waals surface area contributed by atoms with Crippen molar-refractivity contribution < 1.29 is 4.79 Å². The van der Waals surface area contributed by atoms with E-state index in [-0.39, 0.29) is 22.1 Å². The summed E-state index contributed by atoms with van der Waals surface area (Å²) < 4.78 is 1.25. The number of nitrogens with one attached hydrogen (secondary N) is 1. The minimum Gasteiger partial charge on any atom is -0.383 e. The van der Waals surface area contributed by atoms with Crippen LogP contribution < -0.4 is 22.4 Å². The Balaban J connectivity index is 3.42. The minimum absolute atomic E-state index is 0.105. The average molecular weight is 258 g/mol. The molecule has 1 aromatic heterocycles. The van der Waals surface area contributed by atoms with E-state index in [1.807, 2.05) is 5.43 Å². The minimum atomic E-state index is -0.536. The van der Waals surface area contributed by atoms with Crippen LogP contribution in [-0.4, -0.2) is 15.7 Å². The third kappa shape index (κ3) is 2.63. The molecule has 0 fully saturated rings. The van der Waals surface area contributed by atoms with Gasteiger partial charge in [0.05, 0.1) is 5.56 Å². The van der Waals surface area contributed by atoms with Crippen molar-refractivity contribution >= 4 is 29.4 Å². The van der Waals surface area contributed by atoms with E-state index < -0.39 is 11.3 Å². The number of aryl methyl sites for hydroxylation is 1. The number of halogens is 1. The maximum atomic E-state index is 11.7. The van der Waals surface area contributed by atoms with E-state index in [2.05, 4.69) is 5.10 Å². The number of hydrogen-bond donors (Lipinski definition) is 3. The molecule has 0 atom stereocenters. The Morgan fingerprint density at radius 2 is 2.18 bits per heavy atom. The van der Waals surface area contributed by atoms with Crippen LogP contribution in [0.15, 0.2) is 10.4 Å². The Morgan fingerprint density at radius 3 is 2.71 bits per heavy atom. The van der Waals surface area contributed by atoms with Crippen molar-refractivity contribution in [2.45, 2.75) is 6.92 Å². The highest BCUT2D eigenvalue weighted by Gasteiger charge is 2.12. The molecule has 5 N–H and O–H groups in total. The van der Waals surface area contributed by atoms with Gasteiger partial charge in [0.2, 0.25) is 5.43 Å².